The van der Waals surface area contributed by atoms with E-state index >= 15 is 0 Å². The molecule has 0 aliphatic rings. The van der Waals surface area contributed by atoms with Crippen LogP contribution in [-0.4, -0.2) is 54.6 Å². The molecule has 1 amide bonds. The van der Waals surface area contributed by atoms with Gasteiger partial charge in [0.15, 0.2) is 17.3 Å². The normalized spacial score (nSPS) is 10.6. The van der Waals surface area contributed by atoms with Crippen molar-refractivity contribution >= 4 is 40.9 Å². The van der Waals surface area contributed by atoms with Gasteiger partial charge in [-0.05, 0) is 89.8 Å². The van der Waals surface area contributed by atoms with Gasteiger partial charge in [0, 0.05) is 37.2 Å². The van der Waals surface area contributed by atoms with Crippen LogP contribution in [0.4, 0.5) is 5.69 Å². The minimum Gasteiger partial charge on any atom is -0.684 e. The van der Waals surface area contributed by atoms with Gasteiger partial charge in [0.05, 0.1) is 0 Å². The van der Waals surface area contributed by atoms with E-state index in [1.807, 2.05) is 84.1 Å². The summed E-state index contributed by atoms with van der Waals surface area (Å²) < 4.78 is 0. The van der Waals surface area contributed by atoms with Gasteiger partial charge in [-0.1, -0.05) is 219 Å². The summed E-state index contributed by atoms with van der Waals surface area (Å²) in [6.45, 7) is 23.9. The first-order chi connectivity index (χ1) is 33.8. The number of terminal acetylenes is 1. The van der Waals surface area contributed by atoms with Gasteiger partial charge in [0.2, 0.25) is 5.91 Å². The van der Waals surface area contributed by atoms with Crippen LogP contribution >= 0.6 is 0 Å². The number of unbranched alkanes of at least 4 members (excludes halogenated alkanes) is 19. The summed E-state index contributed by atoms with van der Waals surface area (Å²) in [5.41, 5.74) is 15.2. The second-order valence-corrected chi connectivity index (χ2v) is 16.5. The number of benzene rings is 1. The fraction of sp³-hybridized carbons (Fsp3) is 0.623. The third kappa shape index (κ3) is 51.5. The molecule has 0 fully saturated rings. The number of carbonyl (C=O) groups excluding carboxylic acids is 5. The van der Waals surface area contributed by atoms with E-state index in [2.05, 4.69) is 25.6 Å². The first-order valence-corrected chi connectivity index (χ1v) is 27.0. The molecule has 9 nitrogen and oxygen atoms in total. The number of aldehydes is 1. The zero-order valence-electron chi connectivity index (χ0n) is 48.2. The Kier molecular flexibility index (Phi) is 70.2. The zero-order chi connectivity index (χ0) is 54.2. The molecule has 0 atom stereocenters. The monoisotopic (exact) mass is 1010 g/mol. The summed E-state index contributed by atoms with van der Waals surface area (Å²) in [4.78, 5) is 56.6. The van der Waals surface area contributed by atoms with Crippen LogP contribution in [0.5, 0.6) is 0 Å². The number of ketones is 3. The van der Waals surface area contributed by atoms with Gasteiger partial charge in [0.25, 0.3) is 0 Å². The van der Waals surface area contributed by atoms with Gasteiger partial charge < -0.3 is 21.6 Å². The topological polar surface area (TPSA) is 155 Å². The van der Waals surface area contributed by atoms with Crippen LogP contribution in [0.15, 0.2) is 66.3 Å². The maximum Gasteiger partial charge on any atom is 1.00 e. The van der Waals surface area contributed by atoms with Crippen molar-refractivity contribution in [3.8, 4) is 12.5 Å². The summed E-state index contributed by atoms with van der Waals surface area (Å²) in [7, 11) is 1.50. The smallest absolute Gasteiger partial charge is 0.684 e. The Labute approximate surface area is 480 Å². The van der Waals surface area contributed by atoms with E-state index in [1.165, 1.54) is 147 Å². The predicted molar refractivity (Wildman–Crippen MR) is 306 cm³/mol. The molecule has 1 rings (SSSR count). The molecular formula is C61H105KN4O5. The zero-order valence-corrected chi connectivity index (χ0v) is 51.3. The number of hydrogen-bond donors (Lipinski definition) is 2. The second-order valence-electron chi connectivity index (χ2n) is 16.5. The molecule has 0 bridgehead atoms. The average molecular weight is 1010 g/mol. The van der Waals surface area contributed by atoms with Crippen LogP contribution in [0.2, 0.25) is 0 Å². The van der Waals surface area contributed by atoms with E-state index in [4.69, 9.17) is 17.5 Å². The molecule has 0 radical (unpaired) electrons. The number of carbonyl (C=O) groups is 5. The largest absolute Gasteiger partial charge is 1.00 e. The molecule has 71 heavy (non-hydrogen) atoms. The molecule has 10 heteroatoms. The summed E-state index contributed by atoms with van der Waals surface area (Å²) in [6.07, 6.45) is 48.4. The summed E-state index contributed by atoms with van der Waals surface area (Å²) in [6, 6.07) is 6.13. The molecule has 0 heterocycles. The van der Waals surface area contributed by atoms with E-state index in [1.54, 1.807) is 26.0 Å². The van der Waals surface area contributed by atoms with E-state index in [9.17, 15) is 24.0 Å². The third-order valence-electron chi connectivity index (χ3n) is 10.8. The number of Topliss-reactive ketones (excluding diaryl/α,β-unsaturated/α-hetero) is 2. The Morgan fingerprint density at radius 3 is 1.56 bits per heavy atom. The first-order valence-electron chi connectivity index (χ1n) is 27.0. The quantitative estimate of drug-likeness (QED) is 0.0102. The number of hydrogen-bond acceptors (Lipinski definition) is 7. The molecule has 400 valence electrons. The van der Waals surface area contributed by atoms with Crippen LogP contribution in [0.25, 0.3) is 11.0 Å². The molecular weight excluding hydrogens is 908 g/mol. The standard InChI is InChI=1S/C27H42N2O2.C16H29NO.C13H18O2.2C2H6.CH5N.K/c1-5-6-7-8-9-10-11-12-13-14-20-29-26-19-18-24(23(4)31)22(3)27(26)25(28)17-15-16-21(2)30;1-4-6-7-8-9-10-11-12-13-14-15-17(5-2)16(3)18;1-3-13(12(2)15)10-8-6-4-5-7-9-11-14;3*1-2;/h15-19H,5-14,20H2,1-4H3,(H3,28,29,30,31);2H,4,6-15H2,1,3H3;3-6,8,11H,7,9-10H2,1-2H3;2*1-2H3;2H2,1H3;/q;;;;;;+1/p-1/b;;5-4-,8-6-,13-3+;;;;. The van der Waals surface area contributed by atoms with Crippen LogP contribution in [0, 0.1) is 19.4 Å². The van der Waals surface area contributed by atoms with Crippen molar-refractivity contribution in [1.29, 1.82) is 0 Å². The Balaban J connectivity index is -0.000000226. The first kappa shape index (κ1) is 79.2. The summed E-state index contributed by atoms with van der Waals surface area (Å²) in [5, 5.41) is 4.78. The molecule has 1 aromatic rings. The number of rotatable bonds is 34. The average Bonchev–Trinajstić information content (AvgIpc) is 3.35. The second kappa shape index (κ2) is 62.9. The van der Waals surface area contributed by atoms with Crippen molar-refractivity contribution < 1.29 is 75.4 Å². The molecule has 4 N–H and O–H groups in total. The molecule has 0 spiro atoms. The minimum absolute atomic E-state index is 0. The maximum atomic E-state index is 12.0. The molecule has 1 aromatic carbocycles. The number of allylic oxidation sites excluding steroid dienone is 9. The molecule has 0 aliphatic carbocycles. The fourth-order valence-corrected chi connectivity index (χ4v) is 6.89. The van der Waals surface area contributed by atoms with Gasteiger partial charge in [-0.3, -0.25) is 24.1 Å². The Bertz CT molecular complexity index is 1650. The van der Waals surface area contributed by atoms with Crippen molar-refractivity contribution in [2.45, 2.75) is 231 Å². The van der Waals surface area contributed by atoms with E-state index in [-0.39, 0.29) is 74.6 Å². The maximum absolute atomic E-state index is 12.0. The van der Waals surface area contributed by atoms with Crippen molar-refractivity contribution in [3.63, 3.8) is 0 Å². The third-order valence-corrected chi connectivity index (χ3v) is 10.8. The van der Waals surface area contributed by atoms with Crippen LogP contribution in [0.1, 0.15) is 245 Å². The van der Waals surface area contributed by atoms with Gasteiger partial charge in [0.1, 0.15) is 6.29 Å². The Morgan fingerprint density at radius 2 is 1.15 bits per heavy atom. The molecule has 0 aliphatic heterocycles. The van der Waals surface area contributed by atoms with E-state index < -0.39 is 0 Å². The molecule has 0 aromatic heterocycles. The van der Waals surface area contributed by atoms with Gasteiger partial charge in [-0.25, -0.2) is 0 Å². The predicted octanol–water partition coefficient (Wildman–Crippen LogP) is 13.5. The number of nitrogens with zero attached hydrogens (tertiary/aromatic N) is 2. The van der Waals surface area contributed by atoms with Crippen molar-refractivity contribution in [2.24, 2.45) is 11.5 Å². The van der Waals surface area contributed by atoms with Crippen molar-refractivity contribution in [1.82, 2.24) is 4.90 Å². The SMILES string of the molecule is C#CN(CCCCCCCCCCCC)C(C)=O.C/C=C(\C/C=C\C=C/CCC=O)C(C)=O.CC.CC.CCCCCCCCCCCC[N-]c1ccc(C(C)=O)c(C)c1/C(N)=C\C=C\C(C)=O.CN.[K+]. The van der Waals surface area contributed by atoms with E-state index in [0.29, 0.717) is 30.6 Å². The summed E-state index contributed by atoms with van der Waals surface area (Å²) >= 11 is 0. The molecule has 0 unspecified atom stereocenters. The Hall–Kier alpha value is -3.17. The van der Waals surface area contributed by atoms with Crippen LogP contribution in [0.3, 0.4) is 0 Å². The van der Waals surface area contributed by atoms with Crippen LogP contribution in [-0.2, 0) is 19.2 Å². The molecule has 0 saturated heterocycles. The van der Waals surface area contributed by atoms with Crippen LogP contribution < -0.4 is 62.9 Å². The fourth-order valence-electron chi connectivity index (χ4n) is 6.89. The van der Waals surface area contributed by atoms with Gasteiger partial charge in [-0.15, -0.1) is 12.2 Å². The number of amides is 1. The van der Waals surface area contributed by atoms with Gasteiger partial charge >= 0.3 is 51.4 Å². The van der Waals surface area contributed by atoms with Crippen molar-refractivity contribution in [3.05, 3.63) is 88.3 Å². The van der Waals surface area contributed by atoms with E-state index in [0.717, 1.165) is 54.5 Å². The molecule has 0 saturated carbocycles. The van der Waals surface area contributed by atoms with Gasteiger partial charge in [-0.2, -0.15) is 0 Å². The number of nitrogens with two attached hydrogens (primary N) is 2. The van der Waals surface area contributed by atoms with Crippen molar-refractivity contribution in [2.75, 3.05) is 20.1 Å². The Morgan fingerprint density at radius 1 is 0.690 bits per heavy atom. The summed E-state index contributed by atoms with van der Waals surface area (Å²) in [5.74, 6) is 0.0664. The minimum atomic E-state index is -0.0378.